The van der Waals surface area contributed by atoms with Crippen molar-refractivity contribution in [1.29, 1.82) is 0 Å². The van der Waals surface area contributed by atoms with Gasteiger partial charge in [0.25, 0.3) is 5.69 Å². The van der Waals surface area contributed by atoms with Crippen LogP contribution in [-0.2, 0) is 10.8 Å². The van der Waals surface area contributed by atoms with Gasteiger partial charge in [-0.15, -0.1) is 0 Å². The molecule has 0 N–H and O–H groups in total. The zero-order chi connectivity index (χ0) is 13.4. The van der Waals surface area contributed by atoms with Crippen molar-refractivity contribution in [3.8, 4) is 0 Å². The molecule has 1 rings (SSSR count). The second-order valence-corrected chi connectivity index (χ2v) is 6.43. The van der Waals surface area contributed by atoms with Crippen LogP contribution in [0.5, 0.6) is 0 Å². The van der Waals surface area contributed by atoms with Gasteiger partial charge in [-0.25, -0.2) is 0 Å². The molecule has 3 nitrogen and oxygen atoms in total. The molecule has 0 aliphatic heterocycles. The number of hydrogen-bond acceptors (Lipinski definition) is 2. The highest BCUT2D eigenvalue weighted by molar-refractivity contribution is 5.43. The van der Waals surface area contributed by atoms with Crippen LogP contribution in [0.1, 0.15) is 52.7 Å². The SMILES string of the molecule is CC(C)(C)c1[c]c([N+](=O)[O-])cc(C(C)(C)C)c1. The maximum atomic E-state index is 10.9. The van der Waals surface area contributed by atoms with E-state index < -0.39 is 0 Å². The first kappa shape index (κ1) is 13.7. The molecule has 0 spiro atoms. The number of nitro benzene ring substituents is 1. The van der Waals surface area contributed by atoms with Gasteiger partial charge in [0.2, 0.25) is 0 Å². The summed E-state index contributed by atoms with van der Waals surface area (Å²) in [6, 6.07) is 6.54. The number of benzene rings is 1. The highest BCUT2D eigenvalue weighted by atomic mass is 16.6. The van der Waals surface area contributed by atoms with Crippen LogP contribution in [0, 0.1) is 16.2 Å². The Balaban J connectivity index is 3.45. The molecule has 0 unspecified atom stereocenters. The van der Waals surface area contributed by atoms with Gasteiger partial charge >= 0.3 is 0 Å². The topological polar surface area (TPSA) is 43.1 Å². The second kappa shape index (κ2) is 4.13. The van der Waals surface area contributed by atoms with Gasteiger partial charge in [0.05, 0.1) is 11.0 Å². The Morgan fingerprint density at radius 3 is 1.94 bits per heavy atom. The summed E-state index contributed by atoms with van der Waals surface area (Å²) in [6.07, 6.45) is 0. The first-order chi connectivity index (χ1) is 7.51. The lowest BCUT2D eigenvalue weighted by molar-refractivity contribution is -0.385. The van der Waals surface area contributed by atoms with E-state index in [1.54, 1.807) is 6.07 Å². The van der Waals surface area contributed by atoms with Crippen molar-refractivity contribution in [2.24, 2.45) is 0 Å². The first-order valence-corrected chi connectivity index (χ1v) is 5.74. The molecule has 1 aromatic carbocycles. The second-order valence-electron chi connectivity index (χ2n) is 6.43. The van der Waals surface area contributed by atoms with E-state index in [1.165, 1.54) is 0 Å². The summed E-state index contributed by atoms with van der Waals surface area (Å²) in [7, 11) is 0. The van der Waals surface area contributed by atoms with E-state index in [0.29, 0.717) is 0 Å². The molecular formula is C14H20NO2. The Morgan fingerprint density at radius 2 is 1.59 bits per heavy atom. The van der Waals surface area contributed by atoms with Crippen molar-refractivity contribution in [2.45, 2.75) is 52.4 Å². The molecule has 0 amide bonds. The molecule has 1 aromatic rings. The lowest BCUT2D eigenvalue weighted by Gasteiger charge is -2.24. The lowest BCUT2D eigenvalue weighted by Crippen LogP contribution is -2.17. The number of nitrogens with zero attached hydrogens (tertiary/aromatic N) is 1. The van der Waals surface area contributed by atoms with Crippen molar-refractivity contribution in [2.75, 3.05) is 0 Å². The largest absolute Gasteiger partial charge is 0.278 e. The average Bonchev–Trinajstić information content (AvgIpc) is 2.14. The van der Waals surface area contributed by atoms with E-state index in [0.717, 1.165) is 11.1 Å². The van der Waals surface area contributed by atoms with E-state index >= 15 is 0 Å². The fraction of sp³-hybridized carbons (Fsp3) is 0.571. The highest BCUT2D eigenvalue weighted by Crippen LogP contribution is 2.32. The Hall–Kier alpha value is -1.38. The minimum Gasteiger partial charge on any atom is -0.258 e. The molecule has 17 heavy (non-hydrogen) atoms. The predicted molar refractivity (Wildman–Crippen MR) is 69.3 cm³/mol. The highest BCUT2D eigenvalue weighted by Gasteiger charge is 2.23. The fourth-order valence-electron chi connectivity index (χ4n) is 1.49. The van der Waals surface area contributed by atoms with Gasteiger partial charge in [-0.3, -0.25) is 10.1 Å². The molecule has 0 bridgehead atoms. The summed E-state index contributed by atoms with van der Waals surface area (Å²) >= 11 is 0. The number of nitro groups is 1. The van der Waals surface area contributed by atoms with E-state index in [2.05, 4.69) is 26.8 Å². The van der Waals surface area contributed by atoms with Gasteiger partial charge < -0.3 is 0 Å². The maximum absolute atomic E-state index is 10.9. The van der Waals surface area contributed by atoms with E-state index in [1.807, 2.05) is 26.8 Å². The molecule has 0 fully saturated rings. The van der Waals surface area contributed by atoms with Crippen LogP contribution in [0.15, 0.2) is 12.1 Å². The standard InChI is InChI=1S/C14H20NO2/c1-13(2,3)10-7-11(14(4,5)6)9-12(8-10)15(16)17/h7-8H,1-6H3. The molecule has 0 aromatic heterocycles. The number of non-ortho nitro benzene ring substituents is 1. The minimum atomic E-state index is -0.371. The predicted octanol–water partition coefficient (Wildman–Crippen LogP) is 3.99. The molecule has 1 radical (unpaired) electrons. The van der Waals surface area contributed by atoms with Crippen molar-refractivity contribution in [1.82, 2.24) is 0 Å². The molecule has 93 valence electrons. The van der Waals surface area contributed by atoms with Gasteiger partial charge in [0, 0.05) is 6.07 Å². The molecule has 0 saturated carbocycles. The molecule has 0 aliphatic rings. The van der Waals surface area contributed by atoms with Crippen molar-refractivity contribution < 1.29 is 4.92 Å². The van der Waals surface area contributed by atoms with Gasteiger partial charge in [-0.2, -0.15) is 0 Å². The zero-order valence-corrected chi connectivity index (χ0v) is 11.4. The van der Waals surface area contributed by atoms with Crippen molar-refractivity contribution >= 4 is 5.69 Å². The van der Waals surface area contributed by atoms with Crippen molar-refractivity contribution in [3.05, 3.63) is 39.4 Å². The summed E-state index contributed by atoms with van der Waals surface area (Å²) < 4.78 is 0. The summed E-state index contributed by atoms with van der Waals surface area (Å²) in [5, 5.41) is 10.9. The third-order valence-electron chi connectivity index (χ3n) is 2.73. The summed E-state index contributed by atoms with van der Waals surface area (Å²) in [6.45, 7) is 12.3. The smallest absolute Gasteiger partial charge is 0.258 e. The van der Waals surface area contributed by atoms with Crippen LogP contribution in [0.2, 0.25) is 0 Å². The Morgan fingerprint density at radius 1 is 1.06 bits per heavy atom. The molecule has 3 heteroatoms. The normalized spacial score (nSPS) is 12.6. The first-order valence-electron chi connectivity index (χ1n) is 5.74. The van der Waals surface area contributed by atoms with E-state index in [4.69, 9.17) is 0 Å². The quantitative estimate of drug-likeness (QED) is 0.544. The summed E-state index contributed by atoms with van der Waals surface area (Å²) in [5.41, 5.74) is 1.69. The van der Waals surface area contributed by atoms with Gasteiger partial charge in [-0.1, -0.05) is 47.6 Å². The summed E-state index contributed by atoms with van der Waals surface area (Å²) in [4.78, 5) is 10.6. The van der Waals surface area contributed by atoms with Crippen LogP contribution in [0.25, 0.3) is 0 Å². The van der Waals surface area contributed by atoms with Crippen LogP contribution < -0.4 is 0 Å². The van der Waals surface area contributed by atoms with Crippen LogP contribution in [0.4, 0.5) is 5.69 Å². The Bertz CT molecular complexity index is 404. The monoisotopic (exact) mass is 234 g/mol. The third kappa shape index (κ3) is 3.29. The lowest BCUT2D eigenvalue weighted by atomic mass is 9.80. The molecule has 0 atom stereocenters. The Kier molecular flexibility index (Phi) is 3.33. The average molecular weight is 234 g/mol. The van der Waals surface area contributed by atoms with Gasteiger partial charge in [-0.05, 0) is 22.0 Å². The molecule has 0 aliphatic carbocycles. The maximum Gasteiger partial charge on any atom is 0.278 e. The van der Waals surface area contributed by atoms with Crippen LogP contribution >= 0.6 is 0 Å². The van der Waals surface area contributed by atoms with Crippen LogP contribution in [0.3, 0.4) is 0 Å². The zero-order valence-electron chi connectivity index (χ0n) is 11.4. The summed E-state index contributed by atoms with van der Waals surface area (Å²) in [5.74, 6) is 0. The number of rotatable bonds is 1. The van der Waals surface area contributed by atoms with Gasteiger partial charge in [0.15, 0.2) is 0 Å². The molecule has 0 heterocycles. The fourth-order valence-corrected chi connectivity index (χ4v) is 1.49. The van der Waals surface area contributed by atoms with E-state index in [9.17, 15) is 10.1 Å². The van der Waals surface area contributed by atoms with E-state index in [-0.39, 0.29) is 21.4 Å². The van der Waals surface area contributed by atoms with Crippen LogP contribution in [-0.4, -0.2) is 4.92 Å². The molecular weight excluding hydrogens is 214 g/mol. The molecule has 0 saturated heterocycles. The van der Waals surface area contributed by atoms with Crippen molar-refractivity contribution in [3.63, 3.8) is 0 Å². The third-order valence-corrected chi connectivity index (χ3v) is 2.73. The Labute approximate surface area is 103 Å². The number of hydrogen-bond donors (Lipinski definition) is 0. The van der Waals surface area contributed by atoms with Gasteiger partial charge in [0.1, 0.15) is 0 Å². The minimum absolute atomic E-state index is 0.0577.